The predicted molar refractivity (Wildman–Crippen MR) is 91.9 cm³/mol. The lowest BCUT2D eigenvalue weighted by molar-refractivity contribution is 0.0949. The van der Waals surface area contributed by atoms with Crippen LogP contribution in [0, 0.1) is 0 Å². The standard InChI is InChI=1S/C20H23NO2/c1-2-14-23-18-10-8-16(9-11-18)19(22)21-15-20(12-13-20)17-6-4-3-5-7-17/h3-11H,2,12-15H2,1H3,(H,21,22). The third-order valence-corrected chi connectivity index (χ3v) is 4.42. The summed E-state index contributed by atoms with van der Waals surface area (Å²) in [6.07, 6.45) is 3.26. The van der Waals surface area contributed by atoms with Crippen molar-refractivity contribution in [3.8, 4) is 5.75 Å². The van der Waals surface area contributed by atoms with Gasteiger partial charge < -0.3 is 10.1 Å². The van der Waals surface area contributed by atoms with Gasteiger partial charge in [0.1, 0.15) is 5.75 Å². The maximum Gasteiger partial charge on any atom is 0.251 e. The first kappa shape index (κ1) is 15.6. The summed E-state index contributed by atoms with van der Waals surface area (Å²) < 4.78 is 5.54. The number of rotatable bonds is 7. The van der Waals surface area contributed by atoms with Crippen LogP contribution in [0.1, 0.15) is 42.1 Å². The minimum Gasteiger partial charge on any atom is -0.494 e. The Morgan fingerprint density at radius 2 is 1.78 bits per heavy atom. The lowest BCUT2D eigenvalue weighted by Crippen LogP contribution is -2.32. The molecule has 2 aromatic rings. The van der Waals surface area contributed by atoms with Crippen molar-refractivity contribution in [2.75, 3.05) is 13.2 Å². The number of amides is 1. The van der Waals surface area contributed by atoms with Crippen molar-refractivity contribution < 1.29 is 9.53 Å². The monoisotopic (exact) mass is 309 g/mol. The van der Waals surface area contributed by atoms with Gasteiger partial charge in [-0.25, -0.2) is 0 Å². The second-order valence-electron chi connectivity index (χ2n) is 6.20. The van der Waals surface area contributed by atoms with E-state index in [4.69, 9.17) is 4.74 Å². The molecule has 2 aromatic carbocycles. The molecule has 3 heteroatoms. The fourth-order valence-corrected chi connectivity index (χ4v) is 2.78. The van der Waals surface area contributed by atoms with Crippen LogP contribution >= 0.6 is 0 Å². The Kier molecular flexibility index (Phi) is 4.65. The molecule has 0 aromatic heterocycles. The lowest BCUT2D eigenvalue weighted by Gasteiger charge is -2.16. The van der Waals surface area contributed by atoms with Crippen molar-refractivity contribution in [1.82, 2.24) is 5.32 Å². The zero-order valence-corrected chi connectivity index (χ0v) is 13.5. The molecular weight excluding hydrogens is 286 g/mol. The van der Waals surface area contributed by atoms with Crippen LogP contribution in [0.4, 0.5) is 0 Å². The molecule has 0 spiro atoms. The summed E-state index contributed by atoms with van der Waals surface area (Å²) in [5.74, 6) is 0.792. The van der Waals surface area contributed by atoms with E-state index in [1.165, 1.54) is 5.56 Å². The fourth-order valence-electron chi connectivity index (χ4n) is 2.78. The van der Waals surface area contributed by atoms with Gasteiger partial charge in [-0.2, -0.15) is 0 Å². The van der Waals surface area contributed by atoms with E-state index in [9.17, 15) is 4.79 Å². The van der Waals surface area contributed by atoms with Crippen molar-refractivity contribution >= 4 is 5.91 Å². The maximum atomic E-state index is 12.3. The smallest absolute Gasteiger partial charge is 0.251 e. The summed E-state index contributed by atoms with van der Waals surface area (Å²) in [5.41, 5.74) is 2.14. The molecular formula is C20H23NO2. The van der Waals surface area contributed by atoms with Crippen LogP contribution < -0.4 is 10.1 Å². The van der Waals surface area contributed by atoms with Crippen LogP contribution in [0.3, 0.4) is 0 Å². The highest BCUT2D eigenvalue weighted by Crippen LogP contribution is 2.47. The summed E-state index contributed by atoms with van der Waals surface area (Å²) >= 11 is 0. The molecule has 1 saturated carbocycles. The van der Waals surface area contributed by atoms with Gasteiger partial charge in [0.2, 0.25) is 0 Å². The molecule has 0 heterocycles. The van der Waals surface area contributed by atoms with Gasteiger partial charge in [0.05, 0.1) is 6.61 Å². The van der Waals surface area contributed by atoms with Crippen molar-refractivity contribution in [2.24, 2.45) is 0 Å². The molecule has 0 radical (unpaired) electrons. The van der Waals surface area contributed by atoms with E-state index in [2.05, 4.69) is 36.5 Å². The molecule has 0 aliphatic heterocycles. The van der Waals surface area contributed by atoms with Crippen molar-refractivity contribution in [3.63, 3.8) is 0 Å². The van der Waals surface area contributed by atoms with Gasteiger partial charge in [-0.1, -0.05) is 37.3 Å². The van der Waals surface area contributed by atoms with E-state index in [1.54, 1.807) is 0 Å². The highest BCUT2D eigenvalue weighted by molar-refractivity contribution is 5.94. The average Bonchev–Trinajstić information content (AvgIpc) is 3.40. The summed E-state index contributed by atoms with van der Waals surface area (Å²) in [5, 5.41) is 3.08. The van der Waals surface area contributed by atoms with E-state index >= 15 is 0 Å². The van der Waals surface area contributed by atoms with Crippen LogP contribution in [-0.2, 0) is 5.41 Å². The van der Waals surface area contributed by atoms with Gasteiger partial charge in [-0.15, -0.1) is 0 Å². The number of carbonyl (C=O) groups excluding carboxylic acids is 1. The zero-order valence-electron chi connectivity index (χ0n) is 13.5. The van der Waals surface area contributed by atoms with Gasteiger partial charge >= 0.3 is 0 Å². The molecule has 120 valence electrons. The minimum absolute atomic E-state index is 0.0192. The Labute approximate surface area is 137 Å². The van der Waals surface area contributed by atoms with Crippen molar-refractivity contribution in [1.29, 1.82) is 0 Å². The van der Waals surface area contributed by atoms with Crippen LogP contribution in [0.5, 0.6) is 5.75 Å². The second kappa shape index (κ2) is 6.86. The lowest BCUT2D eigenvalue weighted by atomic mass is 9.96. The highest BCUT2D eigenvalue weighted by atomic mass is 16.5. The quantitative estimate of drug-likeness (QED) is 0.841. The van der Waals surface area contributed by atoms with E-state index in [-0.39, 0.29) is 11.3 Å². The Morgan fingerprint density at radius 3 is 2.39 bits per heavy atom. The molecule has 3 rings (SSSR count). The van der Waals surface area contributed by atoms with Crippen LogP contribution in [-0.4, -0.2) is 19.1 Å². The summed E-state index contributed by atoms with van der Waals surface area (Å²) in [6.45, 7) is 3.47. The van der Waals surface area contributed by atoms with Crippen molar-refractivity contribution in [2.45, 2.75) is 31.6 Å². The SMILES string of the molecule is CCCOc1ccc(C(=O)NCC2(c3ccccc3)CC2)cc1. The summed E-state index contributed by atoms with van der Waals surface area (Å²) in [6, 6.07) is 17.8. The molecule has 0 saturated heterocycles. The topological polar surface area (TPSA) is 38.3 Å². The van der Waals surface area contributed by atoms with Gasteiger partial charge in [0.25, 0.3) is 5.91 Å². The molecule has 0 unspecified atom stereocenters. The summed E-state index contributed by atoms with van der Waals surface area (Å²) in [7, 11) is 0. The van der Waals surface area contributed by atoms with E-state index < -0.39 is 0 Å². The number of hydrogen-bond donors (Lipinski definition) is 1. The summed E-state index contributed by atoms with van der Waals surface area (Å²) in [4.78, 5) is 12.3. The Morgan fingerprint density at radius 1 is 1.09 bits per heavy atom. The molecule has 1 aliphatic rings. The van der Waals surface area contributed by atoms with E-state index in [1.807, 2.05) is 30.3 Å². The average molecular weight is 309 g/mol. The Bertz CT molecular complexity index is 645. The third-order valence-electron chi connectivity index (χ3n) is 4.42. The van der Waals surface area contributed by atoms with Crippen LogP contribution in [0.2, 0.25) is 0 Å². The first-order valence-electron chi connectivity index (χ1n) is 8.30. The van der Waals surface area contributed by atoms with Crippen LogP contribution in [0.25, 0.3) is 0 Å². The maximum absolute atomic E-state index is 12.3. The number of nitrogens with one attached hydrogen (secondary N) is 1. The van der Waals surface area contributed by atoms with Crippen molar-refractivity contribution in [3.05, 3.63) is 65.7 Å². The molecule has 0 bridgehead atoms. The number of carbonyl (C=O) groups is 1. The Hall–Kier alpha value is -2.29. The number of hydrogen-bond acceptors (Lipinski definition) is 2. The minimum atomic E-state index is -0.0192. The Balaban J connectivity index is 1.57. The number of ether oxygens (including phenoxy) is 1. The second-order valence-corrected chi connectivity index (χ2v) is 6.20. The number of benzene rings is 2. The van der Waals surface area contributed by atoms with Crippen LogP contribution in [0.15, 0.2) is 54.6 Å². The molecule has 3 nitrogen and oxygen atoms in total. The largest absolute Gasteiger partial charge is 0.494 e. The van der Waals surface area contributed by atoms with E-state index in [0.29, 0.717) is 18.7 Å². The predicted octanol–water partition coefficient (Wildman–Crippen LogP) is 3.94. The van der Waals surface area contributed by atoms with Gasteiger partial charge in [0, 0.05) is 17.5 Å². The normalized spacial score (nSPS) is 15.0. The third kappa shape index (κ3) is 3.73. The molecule has 0 atom stereocenters. The molecule has 23 heavy (non-hydrogen) atoms. The molecule has 1 N–H and O–H groups in total. The first-order valence-corrected chi connectivity index (χ1v) is 8.30. The molecule has 1 fully saturated rings. The van der Waals surface area contributed by atoms with Gasteiger partial charge in [-0.05, 0) is 49.1 Å². The van der Waals surface area contributed by atoms with E-state index in [0.717, 1.165) is 25.0 Å². The van der Waals surface area contributed by atoms with Gasteiger partial charge in [0.15, 0.2) is 0 Å². The molecule has 1 amide bonds. The van der Waals surface area contributed by atoms with Gasteiger partial charge in [-0.3, -0.25) is 4.79 Å². The zero-order chi connectivity index (χ0) is 16.1. The fraction of sp³-hybridized carbons (Fsp3) is 0.350. The highest BCUT2D eigenvalue weighted by Gasteiger charge is 2.44. The molecule has 1 aliphatic carbocycles. The first-order chi connectivity index (χ1) is 11.2.